The van der Waals surface area contributed by atoms with E-state index < -0.39 is 23.1 Å². The Kier molecular flexibility index (Phi) is 6.75. The molecular formula is C23H18F2IN5O2. The van der Waals surface area contributed by atoms with Crippen molar-refractivity contribution in [1.82, 2.24) is 25.1 Å². The first-order chi connectivity index (χ1) is 15.8. The predicted octanol–water partition coefficient (Wildman–Crippen LogP) is 3.43. The Labute approximate surface area is 201 Å². The van der Waals surface area contributed by atoms with E-state index in [1.165, 1.54) is 23.4 Å². The highest BCUT2D eigenvalue weighted by Crippen LogP contribution is 2.26. The Morgan fingerprint density at radius 2 is 2.03 bits per heavy atom. The van der Waals surface area contributed by atoms with E-state index in [1.54, 1.807) is 12.1 Å². The number of benzene rings is 2. The first kappa shape index (κ1) is 22.9. The normalized spacial score (nSPS) is 13.3. The van der Waals surface area contributed by atoms with Gasteiger partial charge >= 0.3 is 0 Å². The van der Waals surface area contributed by atoms with Gasteiger partial charge in [-0.15, -0.1) is 0 Å². The van der Waals surface area contributed by atoms with E-state index >= 15 is 0 Å². The largest absolute Gasteiger partial charge is 0.381 e. The van der Waals surface area contributed by atoms with Crippen LogP contribution in [0.5, 0.6) is 0 Å². The Morgan fingerprint density at radius 3 is 2.79 bits per heavy atom. The smallest absolute Gasteiger partial charge is 0.244 e. The third kappa shape index (κ3) is 5.57. The molecule has 4 aromatic rings. The number of rotatable bonds is 7. The fourth-order valence-corrected chi connectivity index (χ4v) is 3.86. The minimum absolute atomic E-state index is 0.172. The van der Waals surface area contributed by atoms with Crippen molar-refractivity contribution in [3.63, 3.8) is 0 Å². The van der Waals surface area contributed by atoms with Gasteiger partial charge in [0.25, 0.3) is 0 Å². The molecule has 0 bridgehead atoms. The summed E-state index contributed by atoms with van der Waals surface area (Å²) in [6.45, 7) is -0.549. The standard InChI is InChI=1S/C23H18F2IN5O2/c24-16-2-6-19(20(25)10-16)23(33,12-31-14-27-13-29-31)11-28-22(32)8-5-18-4-1-15-9-17(26)3-7-21(15)30-18/h1-10,13-14,33H,11-12H2,(H,28,32)/b8-5+. The number of carbonyl (C=O) groups is 1. The first-order valence-electron chi connectivity index (χ1n) is 9.85. The van der Waals surface area contributed by atoms with E-state index in [-0.39, 0.29) is 18.7 Å². The summed E-state index contributed by atoms with van der Waals surface area (Å²) in [6.07, 6.45) is 5.43. The summed E-state index contributed by atoms with van der Waals surface area (Å²) >= 11 is 2.23. The second-order valence-electron chi connectivity index (χ2n) is 7.37. The Hall–Kier alpha value is -3.25. The van der Waals surface area contributed by atoms with Gasteiger partial charge in [0.1, 0.15) is 29.9 Å². The molecule has 33 heavy (non-hydrogen) atoms. The van der Waals surface area contributed by atoms with Crippen LogP contribution in [0.2, 0.25) is 0 Å². The Balaban J connectivity index is 1.50. The lowest BCUT2D eigenvalue weighted by molar-refractivity contribution is -0.118. The van der Waals surface area contributed by atoms with Gasteiger partial charge in [-0.3, -0.25) is 4.79 Å². The molecule has 2 aromatic heterocycles. The zero-order valence-corrected chi connectivity index (χ0v) is 19.3. The molecule has 168 valence electrons. The molecule has 1 atom stereocenters. The van der Waals surface area contributed by atoms with Crippen molar-refractivity contribution in [2.24, 2.45) is 0 Å². The van der Waals surface area contributed by atoms with Crippen molar-refractivity contribution in [2.75, 3.05) is 6.54 Å². The molecule has 0 radical (unpaired) electrons. The van der Waals surface area contributed by atoms with Crippen molar-refractivity contribution in [2.45, 2.75) is 12.1 Å². The average molecular weight is 561 g/mol. The van der Waals surface area contributed by atoms with Crippen LogP contribution in [0.25, 0.3) is 17.0 Å². The van der Waals surface area contributed by atoms with Crippen LogP contribution in [0.1, 0.15) is 11.3 Å². The summed E-state index contributed by atoms with van der Waals surface area (Å²) in [5.74, 6) is -2.22. The molecule has 10 heteroatoms. The van der Waals surface area contributed by atoms with Gasteiger partial charge in [0.05, 0.1) is 24.3 Å². The van der Waals surface area contributed by atoms with Gasteiger partial charge in [0, 0.05) is 26.7 Å². The lowest BCUT2D eigenvalue weighted by atomic mass is 9.92. The predicted molar refractivity (Wildman–Crippen MR) is 127 cm³/mol. The Morgan fingerprint density at radius 1 is 1.18 bits per heavy atom. The van der Waals surface area contributed by atoms with Crippen LogP contribution >= 0.6 is 22.6 Å². The molecule has 4 rings (SSSR count). The lowest BCUT2D eigenvalue weighted by Gasteiger charge is -2.29. The summed E-state index contributed by atoms with van der Waals surface area (Å²) in [6, 6.07) is 12.4. The van der Waals surface area contributed by atoms with Crippen LogP contribution in [0.4, 0.5) is 8.78 Å². The third-order valence-electron chi connectivity index (χ3n) is 4.96. The minimum Gasteiger partial charge on any atom is -0.381 e. The van der Waals surface area contributed by atoms with Gasteiger partial charge < -0.3 is 10.4 Å². The fraction of sp³-hybridized carbons (Fsp3) is 0.130. The monoisotopic (exact) mass is 561 g/mol. The molecule has 1 amide bonds. The molecule has 0 fully saturated rings. The number of aliphatic hydroxyl groups is 1. The molecular weight excluding hydrogens is 543 g/mol. The van der Waals surface area contributed by atoms with Crippen LogP contribution in [0.3, 0.4) is 0 Å². The summed E-state index contributed by atoms with van der Waals surface area (Å²) in [5, 5.41) is 18.7. The molecule has 2 heterocycles. The zero-order chi connectivity index (χ0) is 23.4. The minimum atomic E-state index is -1.90. The SMILES string of the molecule is O=C(/C=C/c1ccc2cc(I)ccc2n1)NCC(O)(Cn1cncn1)c1ccc(F)cc1F. The quantitative estimate of drug-likeness (QED) is 0.267. The summed E-state index contributed by atoms with van der Waals surface area (Å²) in [5.41, 5.74) is -0.685. The number of amides is 1. The van der Waals surface area contributed by atoms with Gasteiger partial charge in [-0.25, -0.2) is 23.4 Å². The molecule has 0 aliphatic carbocycles. The highest BCUT2D eigenvalue weighted by molar-refractivity contribution is 14.1. The van der Waals surface area contributed by atoms with Crippen LogP contribution < -0.4 is 5.32 Å². The van der Waals surface area contributed by atoms with Gasteiger partial charge in [-0.1, -0.05) is 12.1 Å². The highest BCUT2D eigenvalue weighted by Gasteiger charge is 2.34. The number of nitrogens with one attached hydrogen (secondary N) is 1. The number of halogens is 3. The zero-order valence-electron chi connectivity index (χ0n) is 17.1. The van der Waals surface area contributed by atoms with Crippen LogP contribution in [-0.2, 0) is 16.9 Å². The summed E-state index contributed by atoms with van der Waals surface area (Å²) in [4.78, 5) is 20.7. The maximum atomic E-state index is 14.4. The average Bonchev–Trinajstić information content (AvgIpc) is 3.29. The maximum absolute atomic E-state index is 14.4. The summed E-state index contributed by atoms with van der Waals surface area (Å²) < 4.78 is 30.2. The number of fused-ring (bicyclic) bond motifs is 1. The molecule has 0 saturated heterocycles. The van der Waals surface area contributed by atoms with Gasteiger partial charge in [0.2, 0.25) is 5.91 Å². The number of aromatic nitrogens is 4. The van der Waals surface area contributed by atoms with E-state index in [1.807, 2.05) is 24.3 Å². The van der Waals surface area contributed by atoms with Crippen molar-refractivity contribution < 1.29 is 18.7 Å². The highest BCUT2D eigenvalue weighted by atomic mass is 127. The second-order valence-corrected chi connectivity index (χ2v) is 8.62. The third-order valence-corrected chi connectivity index (χ3v) is 5.63. The van der Waals surface area contributed by atoms with Crippen molar-refractivity contribution in [3.05, 3.63) is 93.7 Å². The molecule has 0 saturated carbocycles. The first-order valence-corrected chi connectivity index (χ1v) is 10.9. The molecule has 2 N–H and O–H groups in total. The van der Waals surface area contributed by atoms with Crippen molar-refractivity contribution in [3.8, 4) is 0 Å². The van der Waals surface area contributed by atoms with Crippen LogP contribution in [-0.4, -0.2) is 37.3 Å². The molecule has 2 aromatic carbocycles. The molecule has 1 unspecified atom stereocenters. The van der Waals surface area contributed by atoms with Crippen molar-refractivity contribution in [1.29, 1.82) is 0 Å². The number of carbonyl (C=O) groups excluding carboxylic acids is 1. The number of hydrogen-bond donors (Lipinski definition) is 2. The maximum Gasteiger partial charge on any atom is 0.244 e. The van der Waals surface area contributed by atoms with E-state index in [2.05, 4.69) is 43.0 Å². The molecule has 0 spiro atoms. The van der Waals surface area contributed by atoms with Crippen LogP contribution in [0.15, 0.2) is 67.3 Å². The number of hydrogen-bond acceptors (Lipinski definition) is 5. The van der Waals surface area contributed by atoms with E-state index in [0.717, 1.165) is 26.6 Å². The van der Waals surface area contributed by atoms with Gasteiger partial charge in [-0.2, -0.15) is 5.10 Å². The van der Waals surface area contributed by atoms with Gasteiger partial charge in [-0.05, 0) is 59.0 Å². The van der Waals surface area contributed by atoms with E-state index in [4.69, 9.17) is 0 Å². The number of nitrogens with zero attached hydrogens (tertiary/aromatic N) is 4. The van der Waals surface area contributed by atoms with Crippen molar-refractivity contribution >= 4 is 45.5 Å². The lowest BCUT2D eigenvalue weighted by Crippen LogP contribution is -2.44. The summed E-state index contributed by atoms with van der Waals surface area (Å²) in [7, 11) is 0. The Bertz CT molecular complexity index is 1330. The second kappa shape index (κ2) is 9.71. The van der Waals surface area contributed by atoms with E-state index in [0.29, 0.717) is 11.8 Å². The molecule has 7 nitrogen and oxygen atoms in total. The van der Waals surface area contributed by atoms with E-state index in [9.17, 15) is 18.7 Å². The topological polar surface area (TPSA) is 92.9 Å². The van der Waals surface area contributed by atoms with Gasteiger partial charge in [0.15, 0.2) is 0 Å². The van der Waals surface area contributed by atoms with Crippen LogP contribution in [0, 0.1) is 15.2 Å². The fourth-order valence-electron chi connectivity index (χ4n) is 3.34. The molecule has 0 aliphatic rings. The molecule has 0 aliphatic heterocycles. The number of pyridine rings is 1.